The first-order chi connectivity index (χ1) is 12.9. The Balaban J connectivity index is 1.61. The molecule has 27 heavy (non-hydrogen) atoms. The molecule has 1 aliphatic heterocycles. The van der Waals surface area contributed by atoms with Gasteiger partial charge >= 0.3 is 0 Å². The largest absolute Gasteiger partial charge is 0.323 e. The van der Waals surface area contributed by atoms with E-state index in [1.54, 1.807) is 24.3 Å². The fraction of sp³-hybridized carbons (Fsp3) is 0.150. The van der Waals surface area contributed by atoms with Crippen molar-refractivity contribution in [3.63, 3.8) is 0 Å². The molecule has 1 saturated heterocycles. The lowest BCUT2D eigenvalue weighted by Crippen LogP contribution is -2.28. The van der Waals surface area contributed by atoms with Gasteiger partial charge in [-0.15, -0.1) is 0 Å². The zero-order valence-electron chi connectivity index (χ0n) is 14.2. The number of benzene rings is 2. The highest BCUT2D eigenvalue weighted by molar-refractivity contribution is 6.02. The van der Waals surface area contributed by atoms with Crippen molar-refractivity contribution < 1.29 is 23.2 Å². The number of halogens is 2. The molecule has 2 aromatic rings. The van der Waals surface area contributed by atoms with Crippen LogP contribution in [0.15, 0.2) is 48.5 Å². The fourth-order valence-electron chi connectivity index (χ4n) is 2.69. The minimum absolute atomic E-state index is 0.192. The summed E-state index contributed by atoms with van der Waals surface area (Å²) in [5, 5.41) is 2.57. The molecule has 0 saturated carbocycles. The van der Waals surface area contributed by atoms with Gasteiger partial charge in [-0.2, -0.15) is 0 Å². The van der Waals surface area contributed by atoms with Crippen molar-refractivity contribution >= 4 is 29.5 Å². The molecule has 0 bridgehead atoms. The molecule has 0 radical (unpaired) electrons. The maximum atomic E-state index is 13.5. The lowest BCUT2D eigenvalue weighted by atomic mass is 10.1. The number of carbonyl (C=O) groups is 3. The highest BCUT2D eigenvalue weighted by atomic mass is 19.1. The molecule has 0 aliphatic carbocycles. The van der Waals surface area contributed by atoms with Gasteiger partial charge in [0, 0.05) is 30.2 Å². The average molecular weight is 370 g/mol. The van der Waals surface area contributed by atoms with E-state index in [0.717, 1.165) is 29.8 Å². The number of anilines is 1. The van der Waals surface area contributed by atoms with Crippen molar-refractivity contribution in [2.45, 2.75) is 19.4 Å². The second kappa shape index (κ2) is 7.90. The van der Waals surface area contributed by atoms with Crippen molar-refractivity contribution in [3.05, 3.63) is 71.3 Å². The van der Waals surface area contributed by atoms with Gasteiger partial charge in [-0.25, -0.2) is 8.78 Å². The number of rotatable bonds is 5. The molecule has 3 amide bonds. The maximum absolute atomic E-state index is 13.5. The summed E-state index contributed by atoms with van der Waals surface area (Å²) in [6.07, 6.45) is 2.58. The molecule has 1 N–H and O–H groups in total. The summed E-state index contributed by atoms with van der Waals surface area (Å²) in [4.78, 5) is 36.4. The highest BCUT2D eigenvalue weighted by Gasteiger charge is 2.28. The van der Waals surface area contributed by atoms with Crippen LogP contribution in [0.1, 0.15) is 24.0 Å². The van der Waals surface area contributed by atoms with Crippen LogP contribution in [0.5, 0.6) is 0 Å². The topological polar surface area (TPSA) is 66.5 Å². The monoisotopic (exact) mass is 370 g/mol. The Morgan fingerprint density at radius 1 is 1.00 bits per heavy atom. The van der Waals surface area contributed by atoms with Crippen LogP contribution in [0.4, 0.5) is 14.5 Å². The quantitative estimate of drug-likeness (QED) is 0.649. The van der Waals surface area contributed by atoms with Crippen LogP contribution < -0.4 is 5.32 Å². The Morgan fingerprint density at radius 3 is 2.19 bits per heavy atom. The van der Waals surface area contributed by atoms with Gasteiger partial charge in [-0.05, 0) is 35.9 Å². The molecule has 5 nitrogen and oxygen atoms in total. The molecule has 0 atom stereocenters. The number of nitrogens with zero attached hydrogens (tertiary/aromatic N) is 1. The third-order valence-corrected chi connectivity index (χ3v) is 4.12. The highest BCUT2D eigenvalue weighted by Crippen LogP contribution is 2.18. The van der Waals surface area contributed by atoms with Gasteiger partial charge < -0.3 is 5.32 Å². The van der Waals surface area contributed by atoms with Gasteiger partial charge in [0.2, 0.25) is 17.7 Å². The van der Waals surface area contributed by atoms with Crippen LogP contribution in [0.3, 0.4) is 0 Å². The van der Waals surface area contributed by atoms with Crippen LogP contribution in [0.25, 0.3) is 6.08 Å². The molecule has 0 aromatic heterocycles. The van der Waals surface area contributed by atoms with Crippen LogP contribution >= 0.6 is 0 Å². The van der Waals surface area contributed by atoms with Crippen molar-refractivity contribution in [2.75, 3.05) is 5.32 Å². The predicted molar refractivity (Wildman–Crippen MR) is 95.3 cm³/mol. The molecule has 0 spiro atoms. The van der Waals surface area contributed by atoms with Crippen LogP contribution in [0.2, 0.25) is 0 Å². The SMILES string of the molecule is O=C(C=Cc1c(F)cccc1F)Nc1ccc(CN2C(=O)CCC2=O)cc1. The molecule has 7 heteroatoms. The van der Waals surface area contributed by atoms with E-state index in [-0.39, 0.29) is 36.8 Å². The third-order valence-electron chi connectivity index (χ3n) is 4.12. The first-order valence-electron chi connectivity index (χ1n) is 8.29. The summed E-state index contributed by atoms with van der Waals surface area (Å²) < 4.78 is 27.0. The number of amides is 3. The second-order valence-corrected chi connectivity index (χ2v) is 6.03. The van der Waals surface area contributed by atoms with Crippen LogP contribution in [-0.4, -0.2) is 22.6 Å². The van der Waals surface area contributed by atoms with E-state index in [9.17, 15) is 23.2 Å². The maximum Gasteiger partial charge on any atom is 0.248 e. The normalized spacial score (nSPS) is 14.2. The standard InChI is InChI=1S/C20H16F2N2O3/c21-16-2-1-3-17(22)15(16)8-9-18(25)23-14-6-4-13(5-7-14)12-24-19(26)10-11-20(24)27/h1-9H,10-12H2,(H,23,25). The smallest absolute Gasteiger partial charge is 0.248 e. The lowest BCUT2D eigenvalue weighted by Gasteiger charge is -2.14. The van der Waals surface area contributed by atoms with Crippen LogP contribution in [-0.2, 0) is 20.9 Å². The predicted octanol–water partition coefficient (Wildman–Crippen LogP) is 3.27. The van der Waals surface area contributed by atoms with E-state index in [1.165, 1.54) is 11.0 Å². The molecule has 2 aromatic carbocycles. The second-order valence-electron chi connectivity index (χ2n) is 6.03. The van der Waals surface area contributed by atoms with Gasteiger partial charge in [0.1, 0.15) is 11.6 Å². The molecular weight excluding hydrogens is 354 g/mol. The summed E-state index contributed by atoms with van der Waals surface area (Å²) in [5.74, 6) is -2.44. The number of nitrogens with one attached hydrogen (secondary N) is 1. The average Bonchev–Trinajstić information content (AvgIpc) is 2.95. The third kappa shape index (κ3) is 4.44. The molecule has 1 aliphatic rings. The number of likely N-dealkylation sites (tertiary alicyclic amines) is 1. The fourth-order valence-corrected chi connectivity index (χ4v) is 2.69. The van der Waals surface area contributed by atoms with E-state index in [1.807, 2.05) is 0 Å². The Labute approximate surface area is 154 Å². The first kappa shape index (κ1) is 18.4. The zero-order valence-corrected chi connectivity index (χ0v) is 14.2. The number of hydrogen-bond donors (Lipinski definition) is 1. The molecule has 3 rings (SSSR count). The van der Waals surface area contributed by atoms with Gasteiger partial charge in [-0.3, -0.25) is 19.3 Å². The van der Waals surface area contributed by atoms with E-state index in [2.05, 4.69) is 5.32 Å². The summed E-state index contributed by atoms with van der Waals surface area (Å²) in [5.41, 5.74) is 0.935. The van der Waals surface area contributed by atoms with Crippen molar-refractivity contribution in [1.29, 1.82) is 0 Å². The van der Waals surface area contributed by atoms with Gasteiger partial charge in [0.05, 0.1) is 6.54 Å². The Kier molecular flexibility index (Phi) is 5.40. The zero-order chi connectivity index (χ0) is 19.4. The number of carbonyl (C=O) groups excluding carboxylic acids is 3. The minimum Gasteiger partial charge on any atom is -0.323 e. The number of hydrogen-bond acceptors (Lipinski definition) is 3. The Bertz CT molecular complexity index is 887. The first-order valence-corrected chi connectivity index (χ1v) is 8.29. The van der Waals surface area contributed by atoms with E-state index in [0.29, 0.717) is 5.69 Å². The lowest BCUT2D eigenvalue weighted by molar-refractivity contribution is -0.139. The van der Waals surface area contributed by atoms with Gasteiger partial charge in [0.15, 0.2) is 0 Å². The molecule has 1 fully saturated rings. The summed E-state index contributed by atoms with van der Waals surface area (Å²) in [6, 6.07) is 10.1. The van der Waals surface area contributed by atoms with E-state index >= 15 is 0 Å². The van der Waals surface area contributed by atoms with Crippen LogP contribution in [0, 0.1) is 11.6 Å². The molecule has 0 unspecified atom stereocenters. The van der Waals surface area contributed by atoms with Crippen molar-refractivity contribution in [2.24, 2.45) is 0 Å². The van der Waals surface area contributed by atoms with Crippen molar-refractivity contribution in [3.8, 4) is 0 Å². The minimum atomic E-state index is -0.755. The van der Waals surface area contributed by atoms with E-state index < -0.39 is 17.5 Å². The van der Waals surface area contributed by atoms with Crippen molar-refractivity contribution in [1.82, 2.24) is 4.90 Å². The Hall–Kier alpha value is -3.35. The molecule has 138 valence electrons. The summed E-state index contributed by atoms with van der Waals surface area (Å²) >= 11 is 0. The molecular formula is C20H16F2N2O3. The molecule has 1 heterocycles. The van der Waals surface area contributed by atoms with Gasteiger partial charge in [0.25, 0.3) is 0 Å². The number of imide groups is 1. The van der Waals surface area contributed by atoms with Gasteiger partial charge in [-0.1, -0.05) is 18.2 Å². The van der Waals surface area contributed by atoms with E-state index in [4.69, 9.17) is 0 Å². The Morgan fingerprint density at radius 2 is 1.59 bits per heavy atom. The summed E-state index contributed by atoms with van der Waals surface area (Å²) in [7, 11) is 0. The summed E-state index contributed by atoms with van der Waals surface area (Å²) in [6.45, 7) is 0.193.